The smallest absolute Gasteiger partial charge is 0.304 e. The highest BCUT2D eigenvalue weighted by Crippen LogP contribution is 2.52. The molecular formula is C20H25NO7S. The Labute approximate surface area is 172 Å². The van der Waals surface area contributed by atoms with Gasteiger partial charge in [-0.3, -0.25) is 0 Å². The van der Waals surface area contributed by atoms with Gasteiger partial charge in [-0.2, -0.15) is 0 Å². The van der Waals surface area contributed by atoms with Crippen molar-refractivity contribution in [2.75, 3.05) is 6.54 Å². The lowest BCUT2D eigenvalue weighted by molar-refractivity contribution is -0.349. The van der Waals surface area contributed by atoms with Crippen molar-refractivity contribution in [3.63, 3.8) is 0 Å². The van der Waals surface area contributed by atoms with E-state index < -0.39 is 39.6 Å². The molecule has 29 heavy (non-hydrogen) atoms. The molecule has 0 aliphatic heterocycles. The Morgan fingerprint density at radius 3 is 2.24 bits per heavy atom. The van der Waals surface area contributed by atoms with Crippen molar-refractivity contribution in [3.05, 3.63) is 47.4 Å². The molecule has 1 aromatic heterocycles. The van der Waals surface area contributed by atoms with Crippen LogP contribution in [-0.2, 0) is 5.79 Å². The van der Waals surface area contributed by atoms with Crippen LogP contribution in [0.15, 0.2) is 31.4 Å². The maximum absolute atomic E-state index is 11.3. The van der Waals surface area contributed by atoms with Gasteiger partial charge in [-0.25, -0.2) is 0 Å². The molecule has 2 aromatic rings. The van der Waals surface area contributed by atoms with Crippen molar-refractivity contribution in [2.24, 2.45) is 0 Å². The summed E-state index contributed by atoms with van der Waals surface area (Å²) in [6.45, 7) is 10.3. The zero-order chi connectivity index (χ0) is 22.0. The third-order valence-corrected chi connectivity index (χ3v) is 5.29. The average molecular weight is 423 g/mol. The maximum atomic E-state index is 11.3. The molecule has 1 atom stereocenters. The molecule has 0 aliphatic rings. The molecule has 0 aliphatic carbocycles. The lowest BCUT2D eigenvalue weighted by Crippen LogP contribution is -2.61. The third kappa shape index (κ3) is 4.24. The second-order valence-electron chi connectivity index (χ2n) is 6.70. The number of hydrogen-bond acceptors (Lipinski definition) is 9. The highest BCUT2D eigenvalue weighted by atomic mass is 32.1. The van der Waals surface area contributed by atoms with Crippen LogP contribution in [0, 0.1) is 0 Å². The van der Waals surface area contributed by atoms with Gasteiger partial charge in [0.25, 0.3) is 0 Å². The quantitative estimate of drug-likeness (QED) is 0.304. The summed E-state index contributed by atoms with van der Waals surface area (Å²) < 4.78 is 5.62. The zero-order valence-electron chi connectivity index (χ0n) is 16.1. The minimum atomic E-state index is -2.99. The highest BCUT2D eigenvalue weighted by molar-refractivity contribution is 7.14. The molecule has 1 heterocycles. The highest BCUT2D eigenvalue weighted by Gasteiger charge is 2.56. The van der Waals surface area contributed by atoms with E-state index in [9.17, 15) is 30.6 Å². The van der Waals surface area contributed by atoms with Crippen molar-refractivity contribution in [3.8, 4) is 22.3 Å². The van der Waals surface area contributed by atoms with Crippen LogP contribution in [-0.4, -0.2) is 49.0 Å². The van der Waals surface area contributed by atoms with E-state index in [0.29, 0.717) is 22.5 Å². The Morgan fingerprint density at radius 1 is 1.10 bits per heavy atom. The molecule has 8 nitrogen and oxygen atoms in total. The summed E-state index contributed by atoms with van der Waals surface area (Å²) in [5.74, 6) is -7.81. The van der Waals surface area contributed by atoms with Gasteiger partial charge in [0.05, 0.1) is 6.54 Å². The van der Waals surface area contributed by atoms with E-state index in [1.165, 1.54) is 18.2 Å². The summed E-state index contributed by atoms with van der Waals surface area (Å²) in [4.78, 5) is -0.595. The minimum absolute atomic E-state index is 0.00343. The standard InChI is InChI=1S/C20H25NO7S/c1-5-12-8-7-9-14(13(12)6-2)28-20(27,19(25,26)10-21-11(3)4)17-15(22)16(23)18(24)29-17/h5-9,11,21-27H,1-2,10H2,3-4H3. The summed E-state index contributed by atoms with van der Waals surface area (Å²) in [6.07, 6.45) is 2.95. The van der Waals surface area contributed by atoms with Gasteiger partial charge in [0, 0.05) is 11.6 Å². The fraction of sp³-hybridized carbons (Fsp3) is 0.300. The molecule has 2 rings (SSSR count). The Hall–Kier alpha value is -2.56. The number of thiophene rings is 1. The van der Waals surface area contributed by atoms with Gasteiger partial charge >= 0.3 is 5.79 Å². The minimum Gasteiger partial charge on any atom is -0.503 e. The van der Waals surface area contributed by atoms with Crippen LogP contribution in [0.5, 0.6) is 22.3 Å². The molecule has 0 radical (unpaired) electrons. The molecule has 1 unspecified atom stereocenters. The molecule has 1 aromatic carbocycles. The first kappa shape index (κ1) is 22.7. The van der Waals surface area contributed by atoms with Crippen LogP contribution >= 0.6 is 11.3 Å². The molecule has 9 heteroatoms. The molecule has 7 N–H and O–H groups in total. The predicted octanol–water partition coefficient (Wildman–Crippen LogP) is 2.05. The number of nitrogens with one attached hydrogen (secondary N) is 1. The van der Waals surface area contributed by atoms with Gasteiger partial charge in [0.15, 0.2) is 5.75 Å². The number of rotatable bonds is 9. The Bertz CT molecular complexity index is 906. The lowest BCUT2D eigenvalue weighted by Gasteiger charge is -2.39. The first-order valence-electron chi connectivity index (χ1n) is 8.70. The van der Waals surface area contributed by atoms with Crippen molar-refractivity contribution in [2.45, 2.75) is 31.5 Å². The second-order valence-corrected chi connectivity index (χ2v) is 7.70. The molecular weight excluding hydrogens is 398 g/mol. The van der Waals surface area contributed by atoms with E-state index in [0.717, 1.165) is 0 Å². The van der Waals surface area contributed by atoms with Crippen LogP contribution in [0.3, 0.4) is 0 Å². The monoisotopic (exact) mass is 423 g/mol. The fourth-order valence-electron chi connectivity index (χ4n) is 2.61. The third-order valence-electron chi connectivity index (χ3n) is 4.23. The van der Waals surface area contributed by atoms with E-state index in [2.05, 4.69) is 18.5 Å². The van der Waals surface area contributed by atoms with Gasteiger partial charge in [0.1, 0.15) is 10.6 Å². The SMILES string of the molecule is C=Cc1cccc(OC(O)(c2sc(O)c(O)c2O)C(O)(O)CNC(C)C)c1C=C. The first-order valence-corrected chi connectivity index (χ1v) is 9.51. The topological polar surface area (TPSA) is 143 Å². The summed E-state index contributed by atoms with van der Waals surface area (Å²) in [5, 5.41) is 64.4. The summed E-state index contributed by atoms with van der Waals surface area (Å²) >= 11 is 0.338. The maximum Gasteiger partial charge on any atom is 0.304 e. The molecule has 0 spiro atoms. The molecule has 0 bridgehead atoms. The van der Waals surface area contributed by atoms with Crippen LogP contribution in [0.1, 0.15) is 29.9 Å². The number of aromatic hydroxyl groups is 3. The molecule has 0 saturated carbocycles. The van der Waals surface area contributed by atoms with E-state index >= 15 is 0 Å². The zero-order valence-corrected chi connectivity index (χ0v) is 16.9. The second kappa shape index (κ2) is 8.44. The summed E-state index contributed by atoms with van der Waals surface area (Å²) in [7, 11) is 0. The van der Waals surface area contributed by atoms with Gasteiger partial charge < -0.3 is 40.7 Å². The normalized spacial score (nSPS) is 13.9. The number of hydrogen-bond donors (Lipinski definition) is 7. The first-order chi connectivity index (χ1) is 13.5. The molecule has 158 valence electrons. The Kier molecular flexibility index (Phi) is 6.61. The van der Waals surface area contributed by atoms with E-state index in [4.69, 9.17) is 4.74 Å². The summed E-state index contributed by atoms with van der Waals surface area (Å²) in [6, 6.07) is 4.57. The van der Waals surface area contributed by atoms with Gasteiger partial charge in [0.2, 0.25) is 16.6 Å². The van der Waals surface area contributed by atoms with Crippen LogP contribution < -0.4 is 10.1 Å². The van der Waals surface area contributed by atoms with Crippen LogP contribution in [0.25, 0.3) is 12.2 Å². The molecule has 0 fully saturated rings. The fourth-order valence-corrected chi connectivity index (χ4v) is 3.54. The number of aliphatic hydroxyl groups is 3. The predicted molar refractivity (Wildman–Crippen MR) is 111 cm³/mol. The molecule has 0 amide bonds. The van der Waals surface area contributed by atoms with Crippen molar-refractivity contribution < 1.29 is 35.4 Å². The average Bonchev–Trinajstić information content (AvgIpc) is 2.93. The summed E-state index contributed by atoms with van der Waals surface area (Å²) in [5.41, 5.74) is 1.00. The van der Waals surface area contributed by atoms with Gasteiger partial charge in [-0.15, -0.1) is 0 Å². The van der Waals surface area contributed by atoms with E-state index in [1.807, 2.05) is 0 Å². The lowest BCUT2D eigenvalue weighted by atomic mass is 10.0. The Morgan fingerprint density at radius 2 is 1.76 bits per heavy atom. The number of ether oxygens (including phenoxy) is 1. The number of benzene rings is 1. The van der Waals surface area contributed by atoms with Crippen LogP contribution in [0.2, 0.25) is 0 Å². The molecule has 0 saturated heterocycles. The van der Waals surface area contributed by atoms with Crippen molar-refractivity contribution in [1.29, 1.82) is 0 Å². The van der Waals surface area contributed by atoms with Crippen molar-refractivity contribution >= 4 is 23.5 Å². The van der Waals surface area contributed by atoms with E-state index in [-0.39, 0.29) is 11.8 Å². The Balaban J connectivity index is 2.67. The van der Waals surface area contributed by atoms with Gasteiger partial charge in [-0.05, 0) is 11.6 Å². The van der Waals surface area contributed by atoms with Gasteiger partial charge in [-0.1, -0.05) is 62.6 Å². The van der Waals surface area contributed by atoms with E-state index in [1.54, 1.807) is 26.0 Å². The largest absolute Gasteiger partial charge is 0.503 e. The van der Waals surface area contributed by atoms with Crippen molar-refractivity contribution in [1.82, 2.24) is 5.32 Å². The van der Waals surface area contributed by atoms with Crippen LogP contribution in [0.4, 0.5) is 0 Å².